The summed E-state index contributed by atoms with van der Waals surface area (Å²) in [6, 6.07) is 21.3. The van der Waals surface area contributed by atoms with Crippen LogP contribution in [0.1, 0.15) is 18.1 Å². The molecule has 1 aromatic heterocycles. The van der Waals surface area contributed by atoms with Gasteiger partial charge < -0.3 is 15.3 Å². The predicted octanol–water partition coefficient (Wildman–Crippen LogP) is 4.94. The molecule has 0 radical (unpaired) electrons. The minimum Gasteiger partial charge on any atom is -0.508 e. The van der Waals surface area contributed by atoms with E-state index in [0.29, 0.717) is 6.54 Å². The zero-order chi connectivity index (χ0) is 20.4. The molecule has 0 amide bonds. The molecule has 5 heteroatoms. The molecule has 5 nitrogen and oxygen atoms in total. The lowest BCUT2D eigenvalue weighted by Crippen LogP contribution is -2.04. The second kappa shape index (κ2) is 7.72. The number of aromatic hydroxyl groups is 3. The van der Waals surface area contributed by atoms with E-state index in [4.69, 9.17) is 5.10 Å². The molecular weight excluding hydrogens is 364 g/mol. The average molecular weight is 386 g/mol. The maximum atomic E-state index is 9.70. The number of hydrogen-bond acceptors (Lipinski definition) is 4. The van der Waals surface area contributed by atoms with E-state index in [-0.39, 0.29) is 17.2 Å². The smallest absolute Gasteiger partial charge is 0.115 e. The van der Waals surface area contributed by atoms with Crippen molar-refractivity contribution in [1.82, 2.24) is 9.78 Å². The van der Waals surface area contributed by atoms with Crippen molar-refractivity contribution >= 4 is 0 Å². The first kappa shape index (κ1) is 18.6. The maximum Gasteiger partial charge on any atom is 0.115 e. The molecule has 4 rings (SSSR count). The zero-order valence-electron chi connectivity index (χ0n) is 16.1. The lowest BCUT2D eigenvalue weighted by Gasteiger charge is -2.10. The maximum absolute atomic E-state index is 9.70. The van der Waals surface area contributed by atoms with Gasteiger partial charge in [0, 0.05) is 16.7 Å². The van der Waals surface area contributed by atoms with E-state index < -0.39 is 0 Å². The van der Waals surface area contributed by atoms with Crippen molar-refractivity contribution in [2.45, 2.75) is 19.9 Å². The predicted molar refractivity (Wildman–Crippen MR) is 113 cm³/mol. The van der Waals surface area contributed by atoms with Gasteiger partial charge in [-0.3, -0.25) is 4.68 Å². The molecule has 0 atom stereocenters. The van der Waals surface area contributed by atoms with Crippen LogP contribution in [-0.2, 0) is 13.0 Å². The molecule has 29 heavy (non-hydrogen) atoms. The molecule has 0 aliphatic carbocycles. The summed E-state index contributed by atoms with van der Waals surface area (Å²) >= 11 is 0. The molecule has 0 bridgehead atoms. The van der Waals surface area contributed by atoms with Crippen molar-refractivity contribution < 1.29 is 15.3 Å². The fourth-order valence-corrected chi connectivity index (χ4v) is 3.52. The molecule has 3 aromatic carbocycles. The summed E-state index contributed by atoms with van der Waals surface area (Å²) in [5, 5.41) is 33.8. The van der Waals surface area contributed by atoms with Gasteiger partial charge in [0.25, 0.3) is 0 Å². The monoisotopic (exact) mass is 386 g/mol. The molecule has 4 aromatic rings. The Labute approximate surface area is 169 Å². The van der Waals surface area contributed by atoms with Gasteiger partial charge in [-0.05, 0) is 72.6 Å². The molecule has 0 unspecified atom stereocenters. The standard InChI is InChI=1S/C24H22N2O3/c1-2-22-23(17-5-11-20(28)12-6-17)25-26(15-16-3-9-19(27)10-4-16)24(22)18-7-13-21(29)14-8-18/h3-14,27-29H,2,15H2,1H3. The van der Waals surface area contributed by atoms with E-state index in [9.17, 15) is 15.3 Å². The summed E-state index contributed by atoms with van der Waals surface area (Å²) in [5.74, 6) is 0.663. The van der Waals surface area contributed by atoms with Gasteiger partial charge in [0.2, 0.25) is 0 Å². The van der Waals surface area contributed by atoms with Crippen LogP contribution in [0.15, 0.2) is 72.8 Å². The highest BCUT2D eigenvalue weighted by molar-refractivity contribution is 5.75. The Morgan fingerprint density at radius 2 is 1.17 bits per heavy atom. The topological polar surface area (TPSA) is 78.5 Å². The van der Waals surface area contributed by atoms with Gasteiger partial charge in [0.1, 0.15) is 17.2 Å². The van der Waals surface area contributed by atoms with Gasteiger partial charge in [-0.25, -0.2) is 0 Å². The molecule has 1 heterocycles. The van der Waals surface area contributed by atoms with E-state index in [1.54, 1.807) is 36.4 Å². The third-order valence-corrected chi connectivity index (χ3v) is 4.95. The molecule has 0 aliphatic heterocycles. The van der Waals surface area contributed by atoms with Gasteiger partial charge >= 0.3 is 0 Å². The lowest BCUT2D eigenvalue weighted by molar-refractivity contribution is 0.474. The summed E-state index contributed by atoms with van der Waals surface area (Å²) in [7, 11) is 0. The second-order valence-corrected chi connectivity index (χ2v) is 6.95. The summed E-state index contributed by atoms with van der Waals surface area (Å²) in [5.41, 5.74) is 5.88. The Morgan fingerprint density at radius 3 is 1.69 bits per heavy atom. The SMILES string of the molecule is CCc1c(-c2ccc(O)cc2)nn(Cc2ccc(O)cc2)c1-c1ccc(O)cc1. The Kier molecular flexibility index (Phi) is 4.96. The third kappa shape index (κ3) is 3.80. The van der Waals surface area contributed by atoms with Crippen molar-refractivity contribution in [2.24, 2.45) is 0 Å². The second-order valence-electron chi connectivity index (χ2n) is 6.95. The molecule has 0 aliphatic rings. The van der Waals surface area contributed by atoms with E-state index in [2.05, 4.69) is 6.92 Å². The number of phenols is 3. The molecule has 0 saturated heterocycles. The first-order valence-corrected chi connectivity index (χ1v) is 9.51. The number of aromatic nitrogens is 2. The third-order valence-electron chi connectivity index (χ3n) is 4.95. The number of rotatable bonds is 5. The van der Waals surface area contributed by atoms with Crippen molar-refractivity contribution in [3.63, 3.8) is 0 Å². The van der Waals surface area contributed by atoms with E-state index in [1.807, 2.05) is 41.1 Å². The number of nitrogens with zero attached hydrogens (tertiary/aromatic N) is 2. The van der Waals surface area contributed by atoms with E-state index >= 15 is 0 Å². The van der Waals surface area contributed by atoms with Crippen LogP contribution in [0.5, 0.6) is 17.2 Å². The van der Waals surface area contributed by atoms with Gasteiger partial charge in [-0.2, -0.15) is 5.10 Å². The summed E-state index contributed by atoms with van der Waals surface area (Å²) < 4.78 is 1.96. The van der Waals surface area contributed by atoms with Crippen LogP contribution in [0.25, 0.3) is 22.5 Å². The van der Waals surface area contributed by atoms with Crippen LogP contribution in [0, 0.1) is 0 Å². The first-order chi connectivity index (χ1) is 14.0. The first-order valence-electron chi connectivity index (χ1n) is 9.51. The van der Waals surface area contributed by atoms with Crippen LogP contribution < -0.4 is 0 Å². The average Bonchev–Trinajstić information content (AvgIpc) is 3.09. The van der Waals surface area contributed by atoms with Crippen LogP contribution in [0.3, 0.4) is 0 Å². The Morgan fingerprint density at radius 1 is 0.690 bits per heavy atom. The van der Waals surface area contributed by atoms with E-state index in [0.717, 1.165) is 40.1 Å². The summed E-state index contributed by atoms with van der Waals surface area (Å²) in [6.45, 7) is 2.64. The van der Waals surface area contributed by atoms with E-state index in [1.165, 1.54) is 0 Å². The highest BCUT2D eigenvalue weighted by Crippen LogP contribution is 2.34. The molecule has 0 saturated carbocycles. The number of phenolic OH excluding ortho intramolecular Hbond substituents is 3. The molecule has 3 N–H and O–H groups in total. The summed E-state index contributed by atoms with van der Waals surface area (Å²) in [6.07, 6.45) is 0.780. The molecule has 0 fully saturated rings. The van der Waals surface area contributed by atoms with Crippen molar-refractivity contribution in [1.29, 1.82) is 0 Å². The van der Waals surface area contributed by atoms with Crippen LogP contribution in [-0.4, -0.2) is 25.1 Å². The van der Waals surface area contributed by atoms with Crippen LogP contribution >= 0.6 is 0 Å². The Bertz CT molecular complexity index is 1110. The highest BCUT2D eigenvalue weighted by Gasteiger charge is 2.19. The van der Waals surface area contributed by atoms with Crippen molar-refractivity contribution in [3.8, 4) is 39.8 Å². The quantitative estimate of drug-likeness (QED) is 0.454. The Hall–Kier alpha value is -3.73. The fourth-order valence-electron chi connectivity index (χ4n) is 3.52. The van der Waals surface area contributed by atoms with Gasteiger partial charge in [0.05, 0.1) is 17.9 Å². The highest BCUT2D eigenvalue weighted by atomic mass is 16.3. The largest absolute Gasteiger partial charge is 0.508 e. The van der Waals surface area contributed by atoms with Crippen molar-refractivity contribution in [3.05, 3.63) is 83.9 Å². The number of benzene rings is 3. The lowest BCUT2D eigenvalue weighted by atomic mass is 9.99. The van der Waals surface area contributed by atoms with Gasteiger partial charge in [0.15, 0.2) is 0 Å². The van der Waals surface area contributed by atoms with Crippen molar-refractivity contribution in [2.75, 3.05) is 0 Å². The minimum atomic E-state index is 0.217. The minimum absolute atomic E-state index is 0.217. The van der Waals surface area contributed by atoms with Crippen LogP contribution in [0.2, 0.25) is 0 Å². The Balaban J connectivity index is 1.88. The van der Waals surface area contributed by atoms with Crippen LogP contribution in [0.4, 0.5) is 0 Å². The molecule has 146 valence electrons. The zero-order valence-corrected chi connectivity index (χ0v) is 16.1. The molecular formula is C24H22N2O3. The van der Waals surface area contributed by atoms with Gasteiger partial charge in [-0.15, -0.1) is 0 Å². The summed E-state index contributed by atoms with van der Waals surface area (Å²) in [4.78, 5) is 0. The normalized spacial score (nSPS) is 10.9. The molecule has 0 spiro atoms. The fraction of sp³-hybridized carbons (Fsp3) is 0.125. The van der Waals surface area contributed by atoms with Gasteiger partial charge in [-0.1, -0.05) is 19.1 Å². The number of hydrogen-bond donors (Lipinski definition) is 3.